The van der Waals surface area contributed by atoms with Gasteiger partial charge in [-0.15, -0.1) is 0 Å². The van der Waals surface area contributed by atoms with Gasteiger partial charge in [-0.2, -0.15) is 0 Å². The fourth-order valence-electron chi connectivity index (χ4n) is 4.39. The van der Waals surface area contributed by atoms with Crippen LogP contribution in [0.2, 0.25) is 5.02 Å². The van der Waals surface area contributed by atoms with Crippen LogP contribution in [0.15, 0.2) is 36.4 Å². The van der Waals surface area contributed by atoms with Gasteiger partial charge in [0.15, 0.2) is 0 Å². The van der Waals surface area contributed by atoms with Crippen LogP contribution in [0.1, 0.15) is 36.0 Å². The maximum absolute atomic E-state index is 13.0. The van der Waals surface area contributed by atoms with E-state index in [1.165, 1.54) is 14.2 Å². The van der Waals surface area contributed by atoms with Crippen molar-refractivity contribution in [3.8, 4) is 11.5 Å². The number of nitrogens with zero attached hydrogens (tertiary/aromatic N) is 2. The van der Waals surface area contributed by atoms with Crippen LogP contribution in [0, 0.1) is 5.92 Å². The Labute approximate surface area is 203 Å². The fraction of sp³-hybridized carbons (Fsp3) is 0.400. The predicted octanol–water partition coefficient (Wildman–Crippen LogP) is 3.97. The van der Waals surface area contributed by atoms with Gasteiger partial charge >= 0.3 is 0 Å². The van der Waals surface area contributed by atoms with E-state index < -0.39 is 0 Å². The number of piperidine rings is 1. The lowest BCUT2D eigenvalue weighted by molar-refractivity contribution is -0.121. The second kappa shape index (κ2) is 10.3. The standard InChI is InChI=1S/C25H28ClN3O5/c1-33-19-12-17(13-20(15-19)34-2)25(32)28-10-7-16(8-11-28)24(31)27-22-14-18(5-6-21(22)26)29-9-3-4-23(29)30/h5-6,12-16H,3-4,7-11H2,1-2H3,(H,27,31). The van der Waals surface area contributed by atoms with Crippen molar-refractivity contribution in [3.05, 3.63) is 47.0 Å². The van der Waals surface area contributed by atoms with Gasteiger partial charge in [-0.25, -0.2) is 0 Å². The van der Waals surface area contributed by atoms with Gasteiger partial charge in [0.25, 0.3) is 5.91 Å². The molecule has 8 nitrogen and oxygen atoms in total. The number of anilines is 2. The van der Waals surface area contributed by atoms with Crippen molar-refractivity contribution in [1.29, 1.82) is 0 Å². The summed E-state index contributed by atoms with van der Waals surface area (Å²) >= 11 is 6.31. The number of carbonyl (C=O) groups is 3. The largest absolute Gasteiger partial charge is 0.497 e. The third-order valence-electron chi connectivity index (χ3n) is 6.34. The second-order valence-corrected chi connectivity index (χ2v) is 8.88. The SMILES string of the molecule is COc1cc(OC)cc(C(=O)N2CCC(C(=O)Nc3cc(N4CCCC4=O)ccc3Cl)CC2)c1. The van der Waals surface area contributed by atoms with Gasteiger partial charge in [-0.3, -0.25) is 14.4 Å². The molecule has 2 saturated heterocycles. The highest BCUT2D eigenvalue weighted by atomic mass is 35.5. The van der Waals surface area contributed by atoms with Gasteiger partial charge in [0.2, 0.25) is 11.8 Å². The van der Waals surface area contributed by atoms with Crippen LogP contribution < -0.4 is 19.7 Å². The lowest BCUT2D eigenvalue weighted by Gasteiger charge is -2.31. The van der Waals surface area contributed by atoms with Gasteiger partial charge < -0.3 is 24.6 Å². The molecule has 2 heterocycles. The van der Waals surface area contributed by atoms with Crippen molar-refractivity contribution < 1.29 is 23.9 Å². The fourth-order valence-corrected chi connectivity index (χ4v) is 4.56. The molecule has 0 aliphatic carbocycles. The summed E-state index contributed by atoms with van der Waals surface area (Å²) < 4.78 is 10.5. The van der Waals surface area contributed by atoms with Crippen LogP contribution in [0.5, 0.6) is 11.5 Å². The summed E-state index contributed by atoms with van der Waals surface area (Å²) in [6.45, 7) is 1.60. The van der Waals surface area contributed by atoms with Gasteiger partial charge in [-0.1, -0.05) is 11.6 Å². The molecule has 2 aliphatic rings. The van der Waals surface area contributed by atoms with Crippen LogP contribution in [0.3, 0.4) is 0 Å². The first kappa shape index (κ1) is 23.9. The molecule has 9 heteroatoms. The molecule has 1 N–H and O–H groups in total. The Morgan fingerprint density at radius 2 is 1.68 bits per heavy atom. The smallest absolute Gasteiger partial charge is 0.254 e. The Hall–Kier alpha value is -3.26. The molecule has 4 rings (SSSR count). The molecule has 2 aromatic carbocycles. The third kappa shape index (κ3) is 5.12. The predicted molar refractivity (Wildman–Crippen MR) is 130 cm³/mol. The Balaban J connectivity index is 1.38. The first-order chi connectivity index (χ1) is 16.4. The Morgan fingerprint density at radius 3 is 2.26 bits per heavy atom. The molecule has 2 fully saturated rings. The molecule has 180 valence electrons. The average molecular weight is 486 g/mol. The van der Waals surface area contributed by atoms with Crippen LogP contribution in [0.4, 0.5) is 11.4 Å². The zero-order chi connectivity index (χ0) is 24.2. The van der Waals surface area contributed by atoms with Gasteiger partial charge in [0.1, 0.15) is 11.5 Å². The quantitative estimate of drug-likeness (QED) is 0.668. The summed E-state index contributed by atoms with van der Waals surface area (Å²) in [6, 6.07) is 10.3. The average Bonchev–Trinajstić information content (AvgIpc) is 3.30. The van der Waals surface area contributed by atoms with Gasteiger partial charge in [0, 0.05) is 49.3 Å². The Kier molecular flexibility index (Phi) is 7.26. The normalized spacial score (nSPS) is 16.5. The maximum atomic E-state index is 13.0. The molecule has 34 heavy (non-hydrogen) atoms. The highest BCUT2D eigenvalue weighted by molar-refractivity contribution is 6.34. The molecule has 2 aliphatic heterocycles. The summed E-state index contributed by atoms with van der Waals surface area (Å²) in [5.41, 5.74) is 1.71. The van der Waals surface area contributed by atoms with E-state index in [1.54, 1.807) is 46.2 Å². The van der Waals surface area contributed by atoms with Crippen molar-refractivity contribution >= 4 is 40.7 Å². The molecular weight excluding hydrogens is 458 g/mol. The number of carbonyl (C=O) groups excluding carboxylic acids is 3. The zero-order valence-corrected chi connectivity index (χ0v) is 20.1. The zero-order valence-electron chi connectivity index (χ0n) is 19.3. The number of benzene rings is 2. The van der Waals surface area contributed by atoms with Gasteiger partial charge in [-0.05, 0) is 49.6 Å². The number of nitrogens with one attached hydrogen (secondary N) is 1. The highest BCUT2D eigenvalue weighted by Crippen LogP contribution is 2.31. The van der Waals surface area contributed by atoms with Crippen molar-refractivity contribution in [1.82, 2.24) is 4.90 Å². The molecule has 0 radical (unpaired) electrons. The molecule has 2 aromatic rings. The van der Waals surface area contributed by atoms with E-state index in [4.69, 9.17) is 21.1 Å². The molecule has 0 unspecified atom stereocenters. The lowest BCUT2D eigenvalue weighted by Crippen LogP contribution is -2.41. The first-order valence-corrected chi connectivity index (χ1v) is 11.7. The molecule has 3 amide bonds. The molecule has 0 bridgehead atoms. The number of amides is 3. The number of ether oxygens (including phenoxy) is 2. The van der Waals surface area contributed by atoms with E-state index in [9.17, 15) is 14.4 Å². The topological polar surface area (TPSA) is 88.2 Å². The minimum atomic E-state index is -0.239. The Bertz CT molecular complexity index is 1080. The maximum Gasteiger partial charge on any atom is 0.254 e. The van der Waals surface area contributed by atoms with Crippen LogP contribution in [-0.2, 0) is 9.59 Å². The highest BCUT2D eigenvalue weighted by Gasteiger charge is 2.29. The number of hydrogen-bond acceptors (Lipinski definition) is 5. The minimum absolute atomic E-state index is 0.0743. The van der Waals surface area contributed by atoms with Crippen molar-refractivity contribution in [2.24, 2.45) is 5.92 Å². The van der Waals surface area contributed by atoms with Crippen LogP contribution in [-0.4, -0.2) is 56.5 Å². The third-order valence-corrected chi connectivity index (χ3v) is 6.67. The first-order valence-electron chi connectivity index (χ1n) is 11.3. The number of halogens is 1. The van der Waals surface area contributed by atoms with Crippen LogP contribution in [0.25, 0.3) is 0 Å². The minimum Gasteiger partial charge on any atom is -0.497 e. The Morgan fingerprint density at radius 1 is 1.00 bits per heavy atom. The number of rotatable bonds is 6. The molecule has 0 aromatic heterocycles. The van der Waals surface area contributed by atoms with Crippen molar-refractivity contribution in [3.63, 3.8) is 0 Å². The summed E-state index contributed by atoms with van der Waals surface area (Å²) in [4.78, 5) is 41.5. The number of likely N-dealkylation sites (tertiary alicyclic amines) is 1. The van der Waals surface area contributed by atoms with E-state index in [1.807, 2.05) is 0 Å². The van der Waals surface area contributed by atoms with Crippen LogP contribution >= 0.6 is 11.6 Å². The van der Waals surface area contributed by atoms with E-state index in [0.29, 0.717) is 66.7 Å². The molecule has 0 spiro atoms. The van der Waals surface area contributed by atoms with Crippen molar-refractivity contribution in [2.75, 3.05) is 44.1 Å². The second-order valence-electron chi connectivity index (χ2n) is 8.47. The van der Waals surface area contributed by atoms with E-state index in [2.05, 4.69) is 5.32 Å². The molecule has 0 saturated carbocycles. The van der Waals surface area contributed by atoms with Gasteiger partial charge in [0.05, 0.1) is 24.9 Å². The van der Waals surface area contributed by atoms with E-state index in [-0.39, 0.29) is 23.6 Å². The summed E-state index contributed by atoms with van der Waals surface area (Å²) in [5, 5.41) is 3.34. The monoisotopic (exact) mass is 485 g/mol. The number of methoxy groups -OCH3 is 2. The summed E-state index contributed by atoms with van der Waals surface area (Å²) in [5.74, 6) is 0.671. The van der Waals surface area contributed by atoms with Crippen molar-refractivity contribution in [2.45, 2.75) is 25.7 Å². The molecular formula is C25H28ClN3O5. The summed E-state index contributed by atoms with van der Waals surface area (Å²) in [6.07, 6.45) is 2.44. The van der Waals surface area contributed by atoms with E-state index in [0.717, 1.165) is 12.1 Å². The summed E-state index contributed by atoms with van der Waals surface area (Å²) in [7, 11) is 3.08. The molecule has 0 atom stereocenters. The number of hydrogen-bond donors (Lipinski definition) is 1. The lowest BCUT2D eigenvalue weighted by atomic mass is 9.95. The van der Waals surface area contributed by atoms with E-state index >= 15 is 0 Å².